The molecule has 8 nitrogen and oxygen atoms in total. The van der Waals surface area contributed by atoms with Crippen molar-refractivity contribution in [2.45, 2.75) is 144 Å². The Bertz CT molecular complexity index is 1530. The Hall–Kier alpha value is -3.16. The van der Waals surface area contributed by atoms with Crippen molar-refractivity contribution in [1.82, 2.24) is 19.9 Å². The van der Waals surface area contributed by atoms with Gasteiger partial charge in [-0.3, -0.25) is 20.0 Å². The maximum absolute atomic E-state index is 4.73. The summed E-state index contributed by atoms with van der Waals surface area (Å²) in [5, 5.41) is 0. The maximum Gasteiger partial charge on any atom is 2.00 e. The minimum atomic E-state index is -0.262. The van der Waals surface area contributed by atoms with E-state index in [-0.39, 0.29) is 67.1 Å². The SMILES string of the molecule is CC(C)(C)N=Cc1ccc(C(C)(C)c2ccc(C=NC(C)(C)C)[n-]2)[n-]1.CC(C)(C)N=Cc1ccc(C(C)(C)c2ccc(C=NC(C)(C)C)[n-]2)[n-]1.[Fe+2].[Fe+2]. The molecule has 0 aromatic carbocycles. The van der Waals surface area contributed by atoms with Crippen LogP contribution in [-0.2, 0) is 45.0 Å². The van der Waals surface area contributed by atoms with Crippen molar-refractivity contribution in [2.75, 3.05) is 0 Å². The van der Waals surface area contributed by atoms with Crippen molar-refractivity contribution in [3.8, 4) is 0 Å². The van der Waals surface area contributed by atoms with Gasteiger partial charge in [-0.1, -0.05) is 76.2 Å². The number of rotatable bonds is 8. The predicted octanol–water partition coefficient (Wildman–Crippen LogP) is 8.72. The van der Waals surface area contributed by atoms with Crippen LogP contribution >= 0.6 is 0 Å². The molecule has 0 fully saturated rings. The first-order valence-electron chi connectivity index (χ1n) is 17.5. The quantitative estimate of drug-likeness (QED) is 0.132. The van der Waals surface area contributed by atoms with E-state index in [0.717, 1.165) is 45.6 Å². The summed E-state index contributed by atoms with van der Waals surface area (Å²) in [5.41, 5.74) is 6.65. The molecule has 0 saturated heterocycles. The van der Waals surface area contributed by atoms with E-state index < -0.39 is 0 Å². The molecule has 0 spiro atoms. The van der Waals surface area contributed by atoms with Crippen LogP contribution in [0.5, 0.6) is 0 Å². The number of aromatic nitrogens is 4. The van der Waals surface area contributed by atoms with Crippen molar-refractivity contribution in [2.24, 2.45) is 20.0 Å². The fraction of sp³-hybridized carbons (Fsp3) is 0.524. The Kier molecular flexibility index (Phi) is 16.0. The van der Waals surface area contributed by atoms with E-state index in [9.17, 15) is 0 Å². The molecule has 52 heavy (non-hydrogen) atoms. The summed E-state index contributed by atoms with van der Waals surface area (Å²) in [7, 11) is 0. The minimum absolute atomic E-state index is 0. The molecule has 10 heteroatoms. The van der Waals surface area contributed by atoms with Gasteiger partial charge in [0, 0.05) is 24.9 Å². The van der Waals surface area contributed by atoms with Crippen LogP contribution in [0.25, 0.3) is 0 Å². The van der Waals surface area contributed by atoms with E-state index >= 15 is 0 Å². The van der Waals surface area contributed by atoms with Gasteiger partial charge in [-0.05, 0) is 93.9 Å². The molecular formula is C42H60Fe2N8. The molecule has 0 aliphatic rings. The summed E-state index contributed by atoms with van der Waals surface area (Å²) < 4.78 is 0. The fourth-order valence-corrected chi connectivity index (χ4v) is 4.49. The van der Waals surface area contributed by atoms with Crippen LogP contribution in [-0.4, -0.2) is 47.0 Å². The third-order valence-corrected chi connectivity index (χ3v) is 7.54. The summed E-state index contributed by atoms with van der Waals surface area (Å²) in [6.07, 6.45) is 7.39. The molecular weight excluding hydrogens is 728 g/mol. The molecule has 4 heterocycles. The summed E-state index contributed by atoms with van der Waals surface area (Å²) in [4.78, 5) is 37.0. The largest absolute Gasteiger partial charge is 2.00 e. The molecule has 4 aromatic rings. The fourth-order valence-electron chi connectivity index (χ4n) is 4.49. The van der Waals surface area contributed by atoms with E-state index in [4.69, 9.17) is 19.9 Å². The Morgan fingerprint density at radius 3 is 0.654 bits per heavy atom. The normalized spacial score (nSPS) is 13.5. The monoisotopic (exact) mass is 788 g/mol. The van der Waals surface area contributed by atoms with E-state index in [0.29, 0.717) is 0 Å². The molecule has 4 aromatic heterocycles. The van der Waals surface area contributed by atoms with Crippen molar-refractivity contribution >= 4 is 24.9 Å². The van der Waals surface area contributed by atoms with Gasteiger partial charge in [-0.15, -0.1) is 22.8 Å². The second kappa shape index (κ2) is 17.8. The van der Waals surface area contributed by atoms with Crippen LogP contribution in [0.3, 0.4) is 0 Å². The van der Waals surface area contributed by atoms with Gasteiger partial charge >= 0.3 is 34.1 Å². The Labute approximate surface area is 335 Å². The van der Waals surface area contributed by atoms with Crippen molar-refractivity contribution < 1.29 is 34.1 Å². The van der Waals surface area contributed by atoms with Crippen LogP contribution in [0.15, 0.2) is 68.5 Å². The van der Waals surface area contributed by atoms with Crippen molar-refractivity contribution in [1.29, 1.82) is 0 Å². The first-order valence-corrected chi connectivity index (χ1v) is 17.5. The first-order chi connectivity index (χ1) is 22.7. The van der Waals surface area contributed by atoms with Crippen LogP contribution in [0.4, 0.5) is 0 Å². The van der Waals surface area contributed by atoms with E-state index in [1.807, 2.05) is 49.1 Å². The third kappa shape index (κ3) is 15.1. The van der Waals surface area contributed by atoms with Crippen LogP contribution in [0.1, 0.15) is 156 Å². The van der Waals surface area contributed by atoms with Gasteiger partial charge in [-0.2, -0.15) is 22.8 Å². The van der Waals surface area contributed by atoms with Crippen molar-refractivity contribution in [3.63, 3.8) is 0 Å². The summed E-state index contributed by atoms with van der Waals surface area (Å²) in [6.45, 7) is 33.5. The molecule has 0 N–H and O–H groups in total. The van der Waals surface area contributed by atoms with Crippen molar-refractivity contribution in [3.05, 3.63) is 94.1 Å². The van der Waals surface area contributed by atoms with Gasteiger partial charge in [0.2, 0.25) is 0 Å². The molecule has 0 unspecified atom stereocenters. The molecule has 0 bridgehead atoms. The second-order valence-corrected chi connectivity index (χ2v) is 18.0. The van der Waals surface area contributed by atoms with Gasteiger partial charge < -0.3 is 19.9 Å². The summed E-state index contributed by atoms with van der Waals surface area (Å²) in [5.74, 6) is 0. The molecule has 0 amide bonds. The van der Waals surface area contributed by atoms with Crippen LogP contribution in [0.2, 0.25) is 0 Å². The minimum Gasteiger partial charge on any atom is -0.659 e. The number of hydrogen-bond donors (Lipinski definition) is 0. The third-order valence-electron chi connectivity index (χ3n) is 7.54. The first kappa shape index (κ1) is 46.9. The molecule has 0 radical (unpaired) electrons. The average Bonchev–Trinajstić information content (AvgIpc) is 3.78. The van der Waals surface area contributed by atoms with Gasteiger partial charge in [0.1, 0.15) is 0 Å². The Morgan fingerprint density at radius 1 is 0.327 bits per heavy atom. The molecule has 0 aliphatic carbocycles. The van der Waals surface area contributed by atoms with Gasteiger partial charge in [-0.25, -0.2) is 0 Å². The van der Waals surface area contributed by atoms with Gasteiger partial charge in [0.25, 0.3) is 0 Å². The van der Waals surface area contributed by atoms with Crippen LogP contribution in [0, 0.1) is 0 Å². The zero-order chi connectivity index (χ0) is 37.8. The second-order valence-electron chi connectivity index (χ2n) is 18.0. The summed E-state index contributed by atoms with van der Waals surface area (Å²) in [6, 6.07) is 16.3. The topological polar surface area (TPSA) is 106 Å². The van der Waals surface area contributed by atoms with E-state index in [2.05, 4.69) is 155 Å². The van der Waals surface area contributed by atoms with Gasteiger partial charge in [0.15, 0.2) is 0 Å². The average molecular weight is 789 g/mol. The van der Waals surface area contributed by atoms with Gasteiger partial charge in [0.05, 0.1) is 22.2 Å². The molecule has 0 saturated carbocycles. The molecule has 4 rings (SSSR count). The predicted molar refractivity (Wildman–Crippen MR) is 213 cm³/mol. The number of hydrogen-bond acceptors (Lipinski definition) is 4. The zero-order valence-corrected chi connectivity index (χ0v) is 36.4. The smallest absolute Gasteiger partial charge is 0.659 e. The Balaban J connectivity index is 0.000000501. The Morgan fingerprint density at radius 2 is 0.500 bits per heavy atom. The number of nitrogens with zero attached hydrogens (tertiary/aromatic N) is 8. The molecule has 0 aliphatic heterocycles. The standard InChI is InChI=1S/2C21H30N4.2Fe/c2*1-19(2,3)22-13-15-9-11-17(24-15)21(7,8)18-12-10-16(25-18)14-23-20(4,5)6;;/h2*9-14H,1-8H3;;/q2*-2;2*+2. The summed E-state index contributed by atoms with van der Waals surface area (Å²) >= 11 is 0. The number of aliphatic imine (C=N–C) groups is 4. The van der Waals surface area contributed by atoms with E-state index in [1.54, 1.807) is 0 Å². The molecule has 0 atom stereocenters. The van der Waals surface area contributed by atoms with Crippen LogP contribution < -0.4 is 19.9 Å². The molecule has 284 valence electrons. The maximum atomic E-state index is 4.73. The zero-order valence-electron chi connectivity index (χ0n) is 34.2. The van der Waals surface area contributed by atoms with E-state index in [1.165, 1.54) is 0 Å².